The molecule has 0 aliphatic heterocycles. The van der Waals surface area contributed by atoms with Crippen LogP contribution in [0.5, 0.6) is 11.5 Å². The summed E-state index contributed by atoms with van der Waals surface area (Å²) in [6.45, 7) is 1.68. The van der Waals surface area contributed by atoms with Gasteiger partial charge in [-0.3, -0.25) is 9.59 Å². The fourth-order valence-electron chi connectivity index (χ4n) is 3.26. The highest BCUT2D eigenvalue weighted by atomic mass is 19.1. The van der Waals surface area contributed by atoms with Crippen molar-refractivity contribution in [3.05, 3.63) is 23.5 Å². The molecule has 0 spiro atoms. The zero-order chi connectivity index (χ0) is 18.6. The highest BCUT2D eigenvalue weighted by Crippen LogP contribution is 2.33. The van der Waals surface area contributed by atoms with Crippen molar-refractivity contribution in [2.24, 2.45) is 11.8 Å². The minimum Gasteiger partial charge on any atom is -0.493 e. The van der Waals surface area contributed by atoms with E-state index in [1.807, 2.05) is 0 Å². The Kier molecular flexibility index (Phi) is 6.22. The van der Waals surface area contributed by atoms with Gasteiger partial charge in [0.25, 0.3) is 0 Å². The number of carboxylic acids is 1. The van der Waals surface area contributed by atoms with Crippen molar-refractivity contribution in [1.29, 1.82) is 0 Å². The number of hydrogen-bond acceptors (Lipinski definition) is 4. The van der Waals surface area contributed by atoms with E-state index in [2.05, 4.69) is 5.32 Å². The Morgan fingerprint density at radius 3 is 2.40 bits per heavy atom. The fourth-order valence-corrected chi connectivity index (χ4v) is 3.26. The predicted octanol–water partition coefficient (Wildman–Crippen LogP) is 2.91. The molecule has 0 aromatic heterocycles. The first-order valence-corrected chi connectivity index (χ1v) is 8.32. The van der Waals surface area contributed by atoms with Gasteiger partial charge in [-0.2, -0.15) is 0 Å². The van der Waals surface area contributed by atoms with Gasteiger partial charge >= 0.3 is 5.97 Å². The summed E-state index contributed by atoms with van der Waals surface area (Å²) >= 11 is 0. The van der Waals surface area contributed by atoms with Crippen LogP contribution in [0.3, 0.4) is 0 Å². The van der Waals surface area contributed by atoms with Gasteiger partial charge in [0.1, 0.15) is 5.82 Å². The van der Waals surface area contributed by atoms with Crippen LogP contribution in [-0.4, -0.2) is 31.2 Å². The second kappa shape index (κ2) is 8.18. The average Bonchev–Trinajstić information content (AvgIpc) is 2.61. The van der Waals surface area contributed by atoms with Crippen molar-refractivity contribution >= 4 is 11.9 Å². The molecule has 2 rings (SSSR count). The molecule has 138 valence electrons. The Morgan fingerprint density at radius 2 is 1.80 bits per heavy atom. The molecular weight excluding hydrogens is 329 g/mol. The van der Waals surface area contributed by atoms with Crippen LogP contribution >= 0.6 is 0 Å². The first-order chi connectivity index (χ1) is 11.9. The molecule has 0 saturated heterocycles. The number of aliphatic carboxylic acids is 1. The lowest BCUT2D eigenvalue weighted by Crippen LogP contribution is -2.37. The molecule has 25 heavy (non-hydrogen) atoms. The van der Waals surface area contributed by atoms with E-state index < -0.39 is 23.7 Å². The molecule has 3 unspecified atom stereocenters. The van der Waals surface area contributed by atoms with Crippen molar-refractivity contribution in [1.82, 2.24) is 5.32 Å². The number of nitrogens with one attached hydrogen (secondary N) is 1. The van der Waals surface area contributed by atoms with E-state index in [0.29, 0.717) is 31.4 Å². The second-order valence-corrected chi connectivity index (χ2v) is 6.36. The standard InChI is InChI=1S/C18H24FNO5/c1-10(13-8-15(24-2)16(25-3)9-14(13)19)20-17(21)11-5-4-6-12(7-11)18(22)23/h8-12H,4-7H2,1-3H3,(H,20,21)(H,22,23). The lowest BCUT2D eigenvalue weighted by molar-refractivity contribution is -0.144. The van der Waals surface area contributed by atoms with Crippen molar-refractivity contribution in [3.8, 4) is 11.5 Å². The minimum atomic E-state index is -0.864. The summed E-state index contributed by atoms with van der Waals surface area (Å²) < 4.78 is 24.5. The van der Waals surface area contributed by atoms with E-state index in [9.17, 15) is 14.0 Å². The van der Waals surface area contributed by atoms with Crippen LogP contribution < -0.4 is 14.8 Å². The first kappa shape index (κ1) is 19.0. The third-order valence-electron chi connectivity index (χ3n) is 4.72. The van der Waals surface area contributed by atoms with Crippen molar-refractivity contribution in [2.75, 3.05) is 14.2 Å². The third kappa shape index (κ3) is 4.41. The summed E-state index contributed by atoms with van der Waals surface area (Å²) in [5.41, 5.74) is 0.289. The number of halogens is 1. The molecule has 3 atom stereocenters. The van der Waals surface area contributed by atoms with E-state index in [4.69, 9.17) is 14.6 Å². The lowest BCUT2D eigenvalue weighted by Gasteiger charge is -2.27. The fraction of sp³-hybridized carbons (Fsp3) is 0.556. The molecule has 1 aromatic rings. The van der Waals surface area contributed by atoms with E-state index in [-0.39, 0.29) is 23.1 Å². The first-order valence-electron chi connectivity index (χ1n) is 8.32. The third-order valence-corrected chi connectivity index (χ3v) is 4.72. The van der Waals surface area contributed by atoms with Gasteiger partial charge in [-0.25, -0.2) is 4.39 Å². The molecule has 6 nitrogen and oxygen atoms in total. The zero-order valence-electron chi connectivity index (χ0n) is 14.7. The molecule has 2 N–H and O–H groups in total. The van der Waals surface area contributed by atoms with E-state index in [1.54, 1.807) is 6.92 Å². The summed E-state index contributed by atoms with van der Waals surface area (Å²) in [5, 5.41) is 11.9. The number of carbonyl (C=O) groups excluding carboxylic acids is 1. The zero-order valence-corrected chi connectivity index (χ0v) is 14.7. The Labute approximate surface area is 146 Å². The van der Waals surface area contributed by atoms with Gasteiger partial charge in [0.15, 0.2) is 11.5 Å². The quantitative estimate of drug-likeness (QED) is 0.821. The normalized spacial score (nSPS) is 21.3. The lowest BCUT2D eigenvalue weighted by atomic mass is 9.81. The number of carbonyl (C=O) groups is 2. The van der Waals surface area contributed by atoms with Crippen molar-refractivity contribution in [3.63, 3.8) is 0 Å². The number of ether oxygens (including phenoxy) is 2. The SMILES string of the molecule is COc1cc(F)c(C(C)NC(=O)C2CCCC(C(=O)O)C2)cc1OC. The maximum atomic E-state index is 14.3. The molecule has 0 radical (unpaired) electrons. The van der Waals surface area contributed by atoms with Gasteiger partial charge in [0.2, 0.25) is 5.91 Å². The summed E-state index contributed by atoms with van der Waals surface area (Å²) in [5.74, 6) is -1.80. The van der Waals surface area contributed by atoms with Gasteiger partial charge in [0, 0.05) is 17.5 Å². The van der Waals surface area contributed by atoms with Gasteiger partial charge < -0.3 is 19.9 Å². The van der Waals surface area contributed by atoms with Crippen LogP contribution in [0.4, 0.5) is 4.39 Å². The van der Waals surface area contributed by atoms with Crippen molar-refractivity contribution in [2.45, 2.75) is 38.6 Å². The molecule has 7 heteroatoms. The maximum absolute atomic E-state index is 14.3. The van der Waals surface area contributed by atoms with E-state index in [0.717, 1.165) is 0 Å². The van der Waals surface area contributed by atoms with Gasteiger partial charge in [-0.15, -0.1) is 0 Å². The summed E-state index contributed by atoms with van der Waals surface area (Å²) in [6, 6.07) is 2.15. The van der Waals surface area contributed by atoms with Gasteiger partial charge in [-0.1, -0.05) is 6.42 Å². The Bertz CT molecular complexity index is 649. The molecule has 1 amide bonds. The number of hydrogen-bond donors (Lipinski definition) is 2. The Balaban J connectivity index is 2.09. The number of rotatable bonds is 6. The predicted molar refractivity (Wildman–Crippen MR) is 89.1 cm³/mol. The van der Waals surface area contributed by atoms with Crippen LogP contribution in [0.25, 0.3) is 0 Å². The molecule has 0 bridgehead atoms. The molecule has 0 heterocycles. The molecule has 1 aliphatic rings. The molecule has 1 aromatic carbocycles. The Hall–Kier alpha value is -2.31. The van der Waals surface area contributed by atoms with E-state index in [1.165, 1.54) is 26.4 Å². The van der Waals surface area contributed by atoms with E-state index >= 15 is 0 Å². The largest absolute Gasteiger partial charge is 0.493 e. The number of amides is 1. The minimum absolute atomic E-state index is 0.243. The smallest absolute Gasteiger partial charge is 0.306 e. The second-order valence-electron chi connectivity index (χ2n) is 6.36. The average molecular weight is 353 g/mol. The number of methoxy groups -OCH3 is 2. The molecular formula is C18H24FNO5. The topological polar surface area (TPSA) is 84.9 Å². The van der Waals surface area contributed by atoms with Gasteiger partial charge in [-0.05, 0) is 32.3 Å². The summed E-state index contributed by atoms with van der Waals surface area (Å²) in [7, 11) is 2.88. The van der Waals surface area contributed by atoms with Crippen LogP contribution in [-0.2, 0) is 9.59 Å². The summed E-state index contributed by atoms with van der Waals surface area (Å²) in [4.78, 5) is 23.6. The molecule has 1 fully saturated rings. The van der Waals surface area contributed by atoms with Gasteiger partial charge in [0.05, 0.1) is 26.2 Å². The molecule has 1 aliphatic carbocycles. The number of benzene rings is 1. The highest BCUT2D eigenvalue weighted by Gasteiger charge is 2.31. The Morgan fingerprint density at radius 1 is 1.20 bits per heavy atom. The maximum Gasteiger partial charge on any atom is 0.306 e. The van der Waals surface area contributed by atoms with Crippen LogP contribution in [0.2, 0.25) is 0 Å². The van der Waals surface area contributed by atoms with Crippen LogP contribution in [0.1, 0.15) is 44.2 Å². The highest BCUT2D eigenvalue weighted by molar-refractivity contribution is 5.80. The van der Waals surface area contributed by atoms with Crippen LogP contribution in [0, 0.1) is 17.7 Å². The number of carboxylic acid groups (broad SMARTS) is 1. The monoisotopic (exact) mass is 353 g/mol. The molecule has 1 saturated carbocycles. The van der Waals surface area contributed by atoms with Crippen LogP contribution in [0.15, 0.2) is 12.1 Å². The summed E-state index contributed by atoms with van der Waals surface area (Å²) in [6.07, 6.45) is 2.27. The van der Waals surface area contributed by atoms with Crippen molar-refractivity contribution < 1.29 is 28.6 Å².